The van der Waals surface area contributed by atoms with Crippen molar-refractivity contribution in [2.75, 3.05) is 20.1 Å². The fraction of sp³-hybridized carbons (Fsp3) is 0.475. The van der Waals surface area contributed by atoms with E-state index in [-0.39, 0.29) is 30.4 Å². The van der Waals surface area contributed by atoms with Gasteiger partial charge in [-0.15, -0.1) is 6.58 Å². The molecule has 1 saturated heterocycles. The molecule has 0 aromatic heterocycles. The normalized spacial score (nSPS) is 29.5. The van der Waals surface area contributed by atoms with Crippen molar-refractivity contribution in [3.63, 3.8) is 0 Å². The highest BCUT2D eigenvalue weighted by Crippen LogP contribution is 2.55. The van der Waals surface area contributed by atoms with Crippen molar-refractivity contribution in [2.24, 2.45) is 17.8 Å². The number of amides is 2. The molecule has 7 nitrogen and oxygen atoms in total. The maximum absolute atomic E-state index is 13.0. The summed E-state index contributed by atoms with van der Waals surface area (Å²) in [6.07, 6.45) is 9.59. The van der Waals surface area contributed by atoms with E-state index in [9.17, 15) is 9.90 Å². The van der Waals surface area contributed by atoms with Crippen molar-refractivity contribution in [3.8, 4) is 11.1 Å². The summed E-state index contributed by atoms with van der Waals surface area (Å²) in [5.41, 5.74) is 6.24. The highest BCUT2D eigenvalue weighted by atomic mass is 16.7. The third-order valence-corrected chi connectivity index (χ3v) is 10.9. The van der Waals surface area contributed by atoms with Crippen molar-refractivity contribution in [1.82, 2.24) is 15.5 Å². The summed E-state index contributed by atoms with van der Waals surface area (Å²) in [7, 11) is 2.08. The number of hydrogen-bond acceptors (Lipinski definition) is 5. The first-order valence-electron chi connectivity index (χ1n) is 17.4. The van der Waals surface area contributed by atoms with Crippen LogP contribution in [0.25, 0.3) is 11.1 Å². The van der Waals surface area contributed by atoms with Crippen LogP contribution in [0.2, 0.25) is 0 Å². The minimum atomic E-state index is -0.495. The molecule has 4 saturated carbocycles. The molecule has 4 bridgehead atoms. The maximum Gasteiger partial charge on any atom is 0.315 e. The minimum absolute atomic E-state index is 0.00905. The van der Waals surface area contributed by atoms with E-state index in [0.29, 0.717) is 6.54 Å². The van der Waals surface area contributed by atoms with Crippen LogP contribution >= 0.6 is 0 Å². The van der Waals surface area contributed by atoms with Gasteiger partial charge in [0, 0.05) is 37.2 Å². The standard InChI is InChI=1S/C40H49N3O4/c1-3-15-43(2)25-36-20-37(33-9-7-27(26-44)8-10-33)47-38(46-36)34-13-11-32(12-14-34)35-6-4-5-28(19-35)24-41-39(45)42-40-21-29-16-30(22-40)18-31(17-29)23-40/h3-14,19,29-31,36-38,44H,1,15-18,20-26H2,2H3,(H2,41,42,45)/t29?,30?,31?,36-,37+,38+,40?/m0/s1. The summed E-state index contributed by atoms with van der Waals surface area (Å²) in [5, 5.41) is 16.1. The number of likely N-dealkylation sites (N-methyl/N-ethyl adjacent to an activating group) is 1. The van der Waals surface area contributed by atoms with Gasteiger partial charge in [-0.1, -0.05) is 72.8 Å². The van der Waals surface area contributed by atoms with Gasteiger partial charge in [-0.25, -0.2) is 4.79 Å². The minimum Gasteiger partial charge on any atom is -0.392 e. The second kappa shape index (κ2) is 13.9. The maximum atomic E-state index is 13.0. The Labute approximate surface area is 279 Å². The molecule has 5 fully saturated rings. The van der Waals surface area contributed by atoms with Crippen LogP contribution in [0.4, 0.5) is 4.79 Å². The number of ether oxygens (including phenoxy) is 2. The van der Waals surface area contributed by atoms with Crippen molar-refractivity contribution >= 4 is 6.03 Å². The molecule has 3 aromatic rings. The van der Waals surface area contributed by atoms with Gasteiger partial charge in [0.15, 0.2) is 6.29 Å². The van der Waals surface area contributed by atoms with Crippen LogP contribution in [0.3, 0.4) is 0 Å². The second-order valence-electron chi connectivity index (χ2n) is 14.7. The molecule has 248 valence electrons. The zero-order chi connectivity index (χ0) is 32.4. The first-order chi connectivity index (χ1) is 22.9. The van der Waals surface area contributed by atoms with Crippen molar-refractivity contribution in [3.05, 3.63) is 108 Å². The summed E-state index contributed by atoms with van der Waals surface area (Å²) in [5.74, 6) is 2.41. The van der Waals surface area contributed by atoms with Crippen LogP contribution in [0, 0.1) is 17.8 Å². The van der Waals surface area contributed by atoms with Crippen LogP contribution in [0.15, 0.2) is 85.5 Å². The predicted molar refractivity (Wildman–Crippen MR) is 184 cm³/mol. The van der Waals surface area contributed by atoms with E-state index < -0.39 is 6.29 Å². The Morgan fingerprint density at radius 2 is 1.57 bits per heavy atom. The number of nitrogens with zero attached hydrogens (tertiary/aromatic N) is 1. The van der Waals surface area contributed by atoms with E-state index in [0.717, 1.165) is 89.9 Å². The molecule has 1 heterocycles. The number of aliphatic hydroxyl groups is 1. The molecule has 2 amide bonds. The molecule has 3 N–H and O–H groups in total. The molecular weight excluding hydrogens is 586 g/mol. The number of rotatable bonds is 11. The van der Waals surface area contributed by atoms with Gasteiger partial charge in [-0.2, -0.15) is 0 Å². The third-order valence-electron chi connectivity index (χ3n) is 10.9. The lowest BCUT2D eigenvalue weighted by molar-refractivity contribution is -0.252. The van der Waals surface area contributed by atoms with Gasteiger partial charge in [-0.3, -0.25) is 0 Å². The zero-order valence-electron chi connectivity index (χ0n) is 27.6. The van der Waals surface area contributed by atoms with Crippen molar-refractivity contribution in [2.45, 2.75) is 82.1 Å². The number of nitrogens with one attached hydrogen (secondary N) is 2. The Balaban J connectivity index is 0.996. The first-order valence-corrected chi connectivity index (χ1v) is 17.4. The van der Waals surface area contributed by atoms with Gasteiger partial charge in [0.05, 0.1) is 18.8 Å². The van der Waals surface area contributed by atoms with Gasteiger partial charge in [0.25, 0.3) is 0 Å². The SMILES string of the molecule is C=CCN(C)C[C@@H]1C[C@H](c2ccc(CO)cc2)O[C@H](c2ccc(-c3cccc(CNC(=O)NC45CC6CC(CC(C6)C4)C5)c3)cc2)O1. The summed E-state index contributed by atoms with van der Waals surface area (Å²) in [6.45, 7) is 5.96. The number of benzene rings is 3. The molecule has 3 aromatic carbocycles. The lowest BCUT2D eigenvalue weighted by Crippen LogP contribution is -2.61. The van der Waals surface area contributed by atoms with Gasteiger partial charge in [-0.05, 0) is 97.2 Å². The number of urea groups is 1. The first kappa shape index (κ1) is 32.1. The topological polar surface area (TPSA) is 83.1 Å². The smallest absolute Gasteiger partial charge is 0.315 e. The van der Waals surface area contributed by atoms with Gasteiger partial charge in [0.1, 0.15) is 0 Å². The quantitative estimate of drug-likeness (QED) is 0.193. The number of hydrogen-bond donors (Lipinski definition) is 3. The van der Waals surface area contributed by atoms with Crippen LogP contribution in [-0.4, -0.2) is 47.8 Å². The Hall–Kier alpha value is -3.49. The van der Waals surface area contributed by atoms with E-state index in [1.54, 1.807) is 0 Å². The van der Waals surface area contributed by atoms with Crippen LogP contribution in [-0.2, 0) is 22.6 Å². The largest absolute Gasteiger partial charge is 0.392 e. The molecule has 7 heteroatoms. The van der Waals surface area contributed by atoms with Crippen LogP contribution in [0.5, 0.6) is 0 Å². The third kappa shape index (κ3) is 7.49. The van der Waals surface area contributed by atoms with E-state index in [4.69, 9.17) is 9.47 Å². The highest BCUT2D eigenvalue weighted by molar-refractivity contribution is 5.75. The Bertz CT molecular complexity index is 1500. The zero-order valence-corrected chi connectivity index (χ0v) is 27.6. The molecule has 4 aliphatic carbocycles. The molecule has 5 aliphatic rings. The number of carbonyl (C=O) groups is 1. The van der Waals surface area contributed by atoms with Gasteiger partial charge < -0.3 is 30.1 Å². The van der Waals surface area contributed by atoms with Crippen molar-refractivity contribution < 1.29 is 19.4 Å². The number of aliphatic hydroxyl groups excluding tert-OH is 1. The van der Waals surface area contributed by atoms with Crippen molar-refractivity contribution in [1.29, 1.82) is 0 Å². The lowest BCUT2D eigenvalue weighted by Gasteiger charge is -2.56. The molecule has 0 radical (unpaired) electrons. The Morgan fingerprint density at radius 3 is 2.23 bits per heavy atom. The number of carbonyl (C=O) groups excluding carboxylic acids is 1. The monoisotopic (exact) mass is 635 g/mol. The summed E-state index contributed by atoms with van der Waals surface area (Å²) in [6, 6.07) is 24.8. The average Bonchev–Trinajstić information content (AvgIpc) is 3.07. The Kier molecular flexibility index (Phi) is 9.51. The molecule has 47 heavy (non-hydrogen) atoms. The molecule has 0 spiro atoms. The molecular formula is C40H49N3O4. The average molecular weight is 636 g/mol. The predicted octanol–water partition coefficient (Wildman–Crippen LogP) is 7.28. The molecule has 3 atom stereocenters. The second-order valence-corrected chi connectivity index (χ2v) is 14.7. The molecule has 0 unspecified atom stereocenters. The van der Waals surface area contributed by atoms with E-state index >= 15 is 0 Å². The van der Waals surface area contributed by atoms with E-state index in [1.807, 2.05) is 30.3 Å². The molecule has 8 rings (SSSR count). The van der Waals surface area contributed by atoms with E-state index in [1.165, 1.54) is 19.3 Å². The summed E-state index contributed by atoms with van der Waals surface area (Å²) >= 11 is 0. The lowest BCUT2D eigenvalue weighted by atomic mass is 9.53. The Morgan fingerprint density at radius 1 is 0.894 bits per heavy atom. The highest BCUT2D eigenvalue weighted by Gasteiger charge is 2.51. The fourth-order valence-corrected chi connectivity index (χ4v) is 9.10. The summed E-state index contributed by atoms with van der Waals surface area (Å²) in [4.78, 5) is 15.2. The summed E-state index contributed by atoms with van der Waals surface area (Å²) < 4.78 is 13.0. The van der Waals surface area contributed by atoms with Crippen LogP contribution < -0.4 is 10.6 Å². The fourth-order valence-electron chi connectivity index (χ4n) is 9.10. The van der Waals surface area contributed by atoms with E-state index in [2.05, 4.69) is 77.7 Å². The molecule has 1 aliphatic heterocycles. The van der Waals surface area contributed by atoms with Gasteiger partial charge >= 0.3 is 6.03 Å². The van der Waals surface area contributed by atoms with Crippen LogP contribution in [0.1, 0.15) is 79.6 Å². The van der Waals surface area contributed by atoms with Gasteiger partial charge in [0.2, 0.25) is 0 Å².